The topological polar surface area (TPSA) is 0 Å². The molecule has 0 fully saturated rings. The predicted octanol–water partition coefficient (Wildman–Crippen LogP) is 2.13. The summed E-state index contributed by atoms with van der Waals surface area (Å²) >= 11 is -5.00. The van der Waals surface area contributed by atoms with Gasteiger partial charge in [-0.05, 0) is 0 Å². The van der Waals surface area contributed by atoms with E-state index in [1.54, 1.807) is 0 Å². The Bertz CT molecular complexity index is 90.8. The van der Waals surface area contributed by atoms with Crippen LogP contribution in [0.1, 0.15) is 0 Å². The van der Waals surface area contributed by atoms with Crippen molar-refractivity contribution in [3.63, 3.8) is 0 Å². The summed E-state index contributed by atoms with van der Waals surface area (Å²) in [5, 5.41) is 0. The number of hydrogen-bond donors (Lipinski definition) is 0. The summed E-state index contributed by atoms with van der Waals surface area (Å²) < 4.78 is 21.7. The molecular weight excluding hydrogens is 286 g/mol. The summed E-state index contributed by atoms with van der Waals surface area (Å²) in [5.74, 6) is 0. The van der Waals surface area contributed by atoms with Gasteiger partial charge in [-0.3, -0.25) is 0 Å². The Morgan fingerprint density at radius 3 is 1.20 bits per heavy atom. The molecule has 0 unspecified atom stereocenters. The summed E-state index contributed by atoms with van der Waals surface area (Å²) in [6.45, 7) is 0. The fourth-order valence-corrected chi connectivity index (χ4v) is 0. The average molecular weight is 286 g/mol. The van der Waals surface area contributed by atoms with Crippen LogP contribution in [0.2, 0.25) is 0 Å². The van der Waals surface area contributed by atoms with Crippen LogP contribution in [0.3, 0.4) is 0 Å². The van der Waals surface area contributed by atoms with Crippen molar-refractivity contribution < 1.29 is 19.8 Å². The molecule has 0 saturated heterocycles. The van der Waals surface area contributed by atoms with Gasteiger partial charge in [-0.25, -0.2) is 0 Å². The van der Waals surface area contributed by atoms with Crippen LogP contribution >= 0.6 is 19.6 Å². The van der Waals surface area contributed by atoms with Crippen molar-refractivity contribution in [3.05, 3.63) is 0 Å². The fraction of sp³-hybridized carbons (Fsp3) is 0. The molecule has 0 aromatic rings. The Kier molecular flexibility index (Phi) is 1.95. The van der Waals surface area contributed by atoms with E-state index in [1.165, 1.54) is 0 Å². The summed E-state index contributed by atoms with van der Waals surface area (Å²) in [5.41, 5.74) is 0. The van der Waals surface area contributed by atoms with Crippen molar-refractivity contribution in [2.75, 3.05) is 0 Å². The Labute approximate surface area is 39.6 Å². The van der Waals surface area contributed by atoms with Gasteiger partial charge in [0, 0.05) is 0 Å². The maximum absolute atomic E-state index is 10.9. The van der Waals surface area contributed by atoms with Crippen molar-refractivity contribution in [1.82, 2.24) is 0 Å². The number of hydrogen-bond acceptors (Lipinski definition) is 2. The molecule has 0 heterocycles. The van der Waals surface area contributed by atoms with Crippen molar-refractivity contribution in [2.24, 2.45) is 0 Å². The molecule has 0 aromatic carbocycles. The van der Waals surface area contributed by atoms with Crippen LogP contribution in [-0.4, -0.2) is 0 Å². The molecule has 0 aliphatic rings. The van der Waals surface area contributed by atoms with E-state index in [2.05, 4.69) is 19.6 Å². The minimum atomic E-state index is -5.00. The fourth-order valence-electron chi connectivity index (χ4n) is 0. The van der Waals surface area contributed by atoms with Crippen LogP contribution < -0.4 is 0 Å². The molecule has 0 radical (unpaired) electrons. The van der Waals surface area contributed by atoms with Gasteiger partial charge >= 0.3 is 39.4 Å². The Morgan fingerprint density at radius 2 is 1.20 bits per heavy atom. The van der Waals surface area contributed by atoms with Crippen molar-refractivity contribution in [1.29, 1.82) is 0 Å². The molecule has 0 N–H and O–H groups in total. The van der Waals surface area contributed by atoms with Gasteiger partial charge in [-0.1, -0.05) is 0 Å². The molecule has 0 rings (SSSR count). The van der Waals surface area contributed by atoms with Crippen molar-refractivity contribution in [3.8, 4) is 0 Å². The molecule has 0 saturated carbocycles. The first-order valence-electron chi connectivity index (χ1n) is 0.642. The van der Waals surface area contributed by atoms with Crippen LogP contribution in [0.15, 0.2) is 0 Å². The monoisotopic (exact) mass is 286 g/mol. The standard InChI is InChI=1S/2FH.2S.W/h2*1H;;;/q;;;;+2/p-2. The zero-order chi connectivity index (χ0) is 4.50. The second-order valence-electron chi connectivity index (χ2n) is 0.378. The molecule has 0 amide bonds. The number of halogens is 2. The number of rotatable bonds is 0. The van der Waals surface area contributed by atoms with E-state index in [0.29, 0.717) is 0 Å². The molecule has 0 spiro atoms. The van der Waals surface area contributed by atoms with Crippen LogP contribution in [0.5, 0.6) is 0 Å². The SMILES string of the molecule is [F][W]([F])(=[S])=[S]. The van der Waals surface area contributed by atoms with E-state index in [0.717, 1.165) is 0 Å². The third kappa shape index (κ3) is 45.6. The molecule has 5 heteroatoms. The molecule has 5 heavy (non-hydrogen) atoms. The normalized spacial score (nSPS) is 11.6. The molecule has 32 valence electrons. The van der Waals surface area contributed by atoms with Crippen molar-refractivity contribution >= 4 is 19.6 Å². The van der Waals surface area contributed by atoms with E-state index < -0.39 is 13.5 Å². The van der Waals surface area contributed by atoms with Gasteiger partial charge in [0.05, 0.1) is 0 Å². The van der Waals surface area contributed by atoms with Gasteiger partial charge in [0.15, 0.2) is 0 Å². The van der Waals surface area contributed by atoms with Gasteiger partial charge < -0.3 is 0 Å². The summed E-state index contributed by atoms with van der Waals surface area (Å²) in [6, 6.07) is 0. The Hall–Kier alpha value is 0.988. The van der Waals surface area contributed by atoms with Gasteiger partial charge in [0.2, 0.25) is 0 Å². The van der Waals surface area contributed by atoms with Gasteiger partial charge in [0.1, 0.15) is 0 Å². The first-order chi connectivity index (χ1) is 2.00. The molecular formula is F2S2W. The maximum atomic E-state index is 10.9. The third-order valence-corrected chi connectivity index (χ3v) is 0. The van der Waals surface area contributed by atoms with Crippen molar-refractivity contribution in [2.45, 2.75) is 0 Å². The van der Waals surface area contributed by atoms with Gasteiger partial charge in [0.25, 0.3) is 0 Å². The predicted molar refractivity (Wildman–Crippen MR) is 17.4 cm³/mol. The quantitative estimate of drug-likeness (QED) is 0.669. The molecule has 0 atom stereocenters. The zero-order valence-electron chi connectivity index (χ0n) is 1.98. The third-order valence-electron chi connectivity index (χ3n) is 0. The second-order valence-corrected chi connectivity index (χ2v) is 11.7. The van der Waals surface area contributed by atoms with Crippen LogP contribution in [-0.2, 0) is 13.5 Å². The Morgan fingerprint density at radius 1 is 1.20 bits per heavy atom. The van der Waals surface area contributed by atoms with Crippen LogP contribution in [0, 0.1) is 0 Å². The first kappa shape index (κ1) is 5.99. The minimum absolute atomic E-state index is 3.52. The van der Waals surface area contributed by atoms with Crippen LogP contribution in [0.4, 0.5) is 6.32 Å². The molecule has 0 bridgehead atoms. The van der Waals surface area contributed by atoms with Gasteiger partial charge in [-0.15, -0.1) is 0 Å². The summed E-state index contributed by atoms with van der Waals surface area (Å²) in [4.78, 5) is 0. The van der Waals surface area contributed by atoms with Crippen LogP contribution in [0.25, 0.3) is 0 Å². The van der Waals surface area contributed by atoms with E-state index in [9.17, 15) is 6.32 Å². The van der Waals surface area contributed by atoms with E-state index in [4.69, 9.17) is 0 Å². The molecule has 0 nitrogen and oxygen atoms in total. The first-order valence-corrected chi connectivity index (χ1v) is 10.7. The molecule has 0 aliphatic carbocycles. The van der Waals surface area contributed by atoms with E-state index >= 15 is 0 Å². The summed E-state index contributed by atoms with van der Waals surface area (Å²) in [6.07, 6.45) is 0. The van der Waals surface area contributed by atoms with Gasteiger partial charge in [-0.2, -0.15) is 0 Å². The van der Waals surface area contributed by atoms with E-state index in [-0.39, 0.29) is 0 Å². The zero-order valence-corrected chi connectivity index (χ0v) is 6.55. The summed E-state index contributed by atoms with van der Waals surface area (Å²) in [7, 11) is 7.03. The average Bonchev–Trinajstić information content (AvgIpc) is 0.722. The second kappa shape index (κ2) is 1.62. The Balaban J connectivity index is 4.06. The van der Waals surface area contributed by atoms with E-state index in [1.807, 2.05) is 0 Å². The molecule has 0 aliphatic heterocycles. The molecule has 0 aromatic heterocycles.